The zero-order valence-corrected chi connectivity index (χ0v) is 11.3. The molecule has 0 aliphatic heterocycles. The molecule has 0 aliphatic rings. The van der Waals surface area contributed by atoms with Gasteiger partial charge in [-0.05, 0) is 25.2 Å². The second kappa shape index (κ2) is 6.25. The minimum Gasteiger partial charge on any atom is -0.305 e. The summed E-state index contributed by atoms with van der Waals surface area (Å²) >= 11 is 5.48. The first-order chi connectivity index (χ1) is 7.95. The molecule has 8 heteroatoms. The first-order valence-electron chi connectivity index (χ1n) is 5.11. The molecule has 1 aromatic rings. The van der Waals surface area contributed by atoms with Crippen LogP contribution in [0, 0.1) is 0 Å². The number of likely N-dealkylation sites (N-methyl/N-ethyl adjacent to an activating group) is 1. The maximum Gasteiger partial charge on any atom is 0.243 e. The van der Waals surface area contributed by atoms with Crippen molar-refractivity contribution < 1.29 is 8.42 Å². The average Bonchev–Trinajstić information content (AvgIpc) is 2.29. The van der Waals surface area contributed by atoms with Crippen molar-refractivity contribution in [1.82, 2.24) is 19.6 Å². The summed E-state index contributed by atoms with van der Waals surface area (Å²) in [7, 11) is -1.62. The van der Waals surface area contributed by atoms with Gasteiger partial charge in [0.05, 0.1) is 12.4 Å². The van der Waals surface area contributed by atoms with Crippen LogP contribution in [0.4, 0.5) is 0 Å². The SMILES string of the molecule is CCN(C)CCNS(=O)(=O)c1cnc(Cl)nc1. The number of nitrogens with zero attached hydrogens (tertiary/aromatic N) is 3. The summed E-state index contributed by atoms with van der Waals surface area (Å²) in [5.41, 5.74) is 0. The third kappa shape index (κ3) is 4.55. The second-order valence-electron chi connectivity index (χ2n) is 3.48. The van der Waals surface area contributed by atoms with E-state index in [1.807, 2.05) is 18.9 Å². The Balaban J connectivity index is 2.60. The quantitative estimate of drug-likeness (QED) is 0.761. The van der Waals surface area contributed by atoms with E-state index in [-0.39, 0.29) is 10.2 Å². The van der Waals surface area contributed by atoms with Crippen molar-refractivity contribution in [3.8, 4) is 0 Å². The second-order valence-corrected chi connectivity index (χ2v) is 5.59. The number of aromatic nitrogens is 2. The molecule has 1 rings (SSSR count). The highest BCUT2D eigenvalue weighted by Gasteiger charge is 2.14. The number of hydrogen-bond donors (Lipinski definition) is 1. The Morgan fingerprint density at radius 1 is 1.41 bits per heavy atom. The molecule has 0 atom stereocenters. The van der Waals surface area contributed by atoms with E-state index >= 15 is 0 Å². The topological polar surface area (TPSA) is 75.2 Å². The molecule has 0 bridgehead atoms. The van der Waals surface area contributed by atoms with E-state index < -0.39 is 10.0 Å². The van der Waals surface area contributed by atoms with Crippen LogP contribution < -0.4 is 4.72 Å². The molecule has 17 heavy (non-hydrogen) atoms. The maximum atomic E-state index is 11.8. The smallest absolute Gasteiger partial charge is 0.243 e. The van der Waals surface area contributed by atoms with Crippen molar-refractivity contribution >= 4 is 21.6 Å². The molecule has 0 radical (unpaired) electrons. The van der Waals surface area contributed by atoms with Crippen LogP contribution in [0.3, 0.4) is 0 Å². The van der Waals surface area contributed by atoms with Gasteiger partial charge >= 0.3 is 0 Å². The highest BCUT2D eigenvalue weighted by molar-refractivity contribution is 7.89. The van der Waals surface area contributed by atoms with Crippen LogP contribution in [-0.2, 0) is 10.0 Å². The number of nitrogens with one attached hydrogen (secondary N) is 1. The summed E-state index contributed by atoms with van der Waals surface area (Å²) in [6.07, 6.45) is 2.36. The van der Waals surface area contributed by atoms with Gasteiger partial charge in [0.15, 0.2) is 0 Å². The van der Waals surface area contributed by atoms with Gasteiger partial charge in [0.2, 0.25) is 15.3 Å². The first-order valence-corrected chi connectivity index (χ1v) is 6.97. The van der Waals surface area contributed by atoms with E-state index in [1.54, 1.807) is 0 Å². The van der Waals surface area contributed by atoms with Gasteiger partial charge in [-0.1, -0.05) is 6.92 Å². The molecule has 0 fully saturated rings. The van der Waals surface area contributed by atoms with Crippen molar-refractivity contribution in [2.75, 3.05) is 26.7 Å². The lowest BCUT2D eigenvalue weighted by Crippen LogP contribution is -2.33. The molecule has 1 N–H and O–H groups in total. The van der Waals surface area contributed by atoms with Crippen LogP contribution in [-0.4, -0.2) is 50.0 Å². The Morgan fingerprint density at radius 3 is 2.53 bits per heavy atom. The molecule has 1 aromatic heterocycles. The Labute approximate surface area is 106 Å². The van der Waals surface area contributed by atoms with Gasteiger partial charge in [0, 0.05) is 13.1 Å². The van der Waals surface area contributed by atoms with Crippen LogP contribution >= 0.6 is 11.6 Å². The predicted molar refractivity (Wildman–Crippen MR) is 65.4 cm³/mol. The lowest BCUT2D eigenvalue weighted by Gasteiger charge is -2.13. The summed E-state index contributed by atoms with van der Waals surface area (Å²) in [4.78, 5) is 9.27. The van der Waals surface area contributed by atoms with Crippen molar-refractivity contribution in [3.63, 3.8) is 0 Å². The van der Waals surface area contributed by atoms with E-state index in [2.05, 4.69) is 14.7 Å². The molecule has 6 nitrogen and oxygen atoms in total. The van der Waals surface area contributed by atoms with Crippen LogP contribution in [0.5, 0.6) is 0 Å². The van der Waals surface area contributed by atoms with E-state index in [0.717, 1.165) is 6.54 Å². The molecule has 96 valence electrons. The fourth-order valence-electron chi connectivity index (χ4n) is 1.05. The molecular formula is C9H15ClN4O2S. The summed E-state index contributed by atoms with van der Waals surface area (Å²) in [6, 6.07) is 0. The largest absolute Gasteiger partial charge is 0.305 e. The number of hydrogen-bond acceptors (Lipinski definition) is 5. The molecule has 0 saturated heterocycles. The number of rotatable bonds is 6. The normalized spacial score (nSPS) is 12.0. The Bertz CT molecular complexity index is 449. The van der Waals surface area contributed by atoms with E-state index in [1.165, 1.54) is 12.4 Å². The lowest BCUT2D eigenvalue weighted by atomic mass is 10.5. The molecule has 0 spiro atoms. The van der Waals surface area contributed by atoms with Crippen LogP contribution in [0.25, 0.3) is 0 Å². The van der Waals surface area contributed by atoms with Crippen molar-refractivity contribution in [2.24, 2.45) is 0 Å². The minimum atomic E-state index is -3.54. The van der Waals surface area contributed by atoms with E-state index in [4.69, 9.17) is 11.6 Å². The summed E-state index contributed by atoms with van der Waals surface area (Å²) in [5, 5.41) is 0.0228. The van der Waals surface area contributed by atoms with Crippen LogP contribution in [0.15, 0.2) is 17.3 Å². The van der Waals surface area contributed by atoms with Crippen molar-refractivity contribution in [1.29, 1.82) is 0 Å². The van der Waals surface area contributed by atoms with Gasteiger partial charge < -0.3 is 4.90 Å². The van der Waals surface area contributed by atoms with Gasteiger partial charge in [-0.2, -0.15) is 0 Å². The summed E-state index contributed by atoms with van der Waals surface area (Å²) < 4.78 is 26.0. The maximum absolute atomic E-state index is 11.8. The van der Waals surface area contributed by atoms with Gasteiger partial charge in [-0.3, -0.25) is 0 Å². The summed E-state index contributed by atoms with van der Waals surface area (Å²) in [5.74, 6) is 0. The molecular weight excluding hydrogens is 264 g/mol. The fourth-order valence-corrected chi connectivity index (χ4v) is 2.06. The third-order valence-corrected chi connectivity index (χ3v) is 3.84. The monoisotopic (exact) mass is 278 g/mol. The van der Waals surface area contributed by atoms with Crippen LogP contribution in [0.2, 0.25) is 5.28 Å². The zero-order valence-electron chi connectivity index (χ0n) is 9.72. The highest BCUT2D eigenvalue weighted by Crippen LogP contribution is 2.06. The standard InChI is InChI=1S/C9H15ClN4O2S/c1-3-14(2)5-4-13-17(15,16)8-6-11-9(10)12-7-8/h6-7,13H,3-5H2,1-2H3. The van der Waals surface area contributed by atoms with Gasteiger partial charge in [0.1, 0.15) is 4.90 Å². The number of sulfonamides is 1. The average molecular weight is 279 g/mol. The van der Waals surface area contributed by atoms with Gasteiger partial charge in [0.25, 0.3) is 0 Å². The molecule has 0 aromatic carbocycles. The molecule has 0 aliphatic carbocycles. The van der Waals surface area contributed by atoms with Crippen molar-refractivity contribution in [2.45, 2.75) is 11.8 Å². The minimum absolute atomic E-state index is 0.0149. The Morgan fingerprint density at radius 2 is 2.00 bits per heavy atom. The fraction of sp³-hybridized carbons (Fsp3) is 0.556. The molecule has 0 amide bonds. The number of halogens is 1. The van der Waals surface area contributed by atoms with Gasteiger partial charge in [-0.25, -0.2) is 23.1 Å². The van der Waals surface area contributed by atoms with Crippen molar-refractivity contribution in [3.05, 3.63) is 17.7 Å². The van der Waals surface area contributed by atoms with E-state index in [0.29, 0.717) is 13.1 Å². The van der Waals surface area contributed by atoms with Gasteiger partial charge in [-0.15, -0.1) is 0 Å². The molecule has 1 heterocycles. The highest BCUT2D eigenvalue weighted by atomic mass is 35.5. The summed E-state index contributed by atoms with van der Waals surface area (Å²) in [6.45, 7) is 3.85. The van der Waals surface area contributed by atoms with E-state index in [9.17, 15) is 8.42 Å². The Kier molecular flexibility index (Phi) is 5.26. The molecule has 0 saturated carbocycles. The Hall–Kier alpha value is -0.760. The predicted octanol–water partition coefficient (Wildman–Crippen LogP) is 0.360. The first kappa shape index (κ1) is 14.3. The van der Waals surface area contributed by atoms with Crippen LogP contribution in [0.1, 0.15) is 6.92 Å². The zero-order chi connectivity index (χ0) is 12.9. The third-order valence-electron chi connectivity index (χ3n) is 2.23. The lowest BCUT2D eigenvalue weighted by molar-refractivity contribution is 0.358. The molecule has 0 unspecified atom stereocenters.